The summed E-state index contributed by atoms with van der Waals surface area (Å²) in [5, 5.41) is 5.33. The van der Waals surface area contributed by atoms with Crippen LogP contribution in [0.15, 0.2) is 36.4 Å². The van der Waals surface area contributed by atoms with Gasteiger partial charge in [0.25, 0.3) is 5.91 Å². The van der Waals surface area contributed by atoms with Crippen molar-refractivity contribution in [2.24, 2.45) is 0 Å². The Labute approximate surface area is 181 Å². The summed E-state index contributed by atoms with van der Waals surface area (Å²) in [6.45, 7) is 4.87. The lowest BCUT2D eigenvalue weighted by atomic mass is 10.1. The zero-order valence-corrected chi connectivity index (χ0v) is 18.9. The molecule has 0 saturated carbocycles. The van der Waals surface area contributed by atoms with Crippen molar-refractivity contribution >= 4 is 44.8 Å². The molecule has 0 saturated heterocycles. The lowest BCUT2D eigenvalue weighted by Crippen LogP contribution is -2.35. The molecule has 2 aromatic carbocycles. The van der Waals surface area contributed by atoms with Crippen molar-refractivity contribution in [3.05, 3.63) is 53.1 Å². The van der Waals surface area contributed by atoms with Gasteiger partial charge in [-0.2, -0.15) is 0 Å². The summed E-state index contributed by atoms with van der Waals surface area (Å²) in [7, 11) is -2.22. The van der Waals surface area contributed by atoms with Crippen molar-refractivity contribution in [1.29, 1.82) is 0 Å². The Balaban J connectivity index is 2.25. The predicted octanol–water partition coefficient (Wildman–Crippen LogP) is 2.34. The average Bonchev–Trinajstić information content (AvgIpc) is 2.64. The molecule has 9 nitrogen and oxygen atoms in total. The number of hydrogen-bond acceptors (Lipinski definition) is 5. The number of anilines is 3. The average molecular weight is 447 g/mol. The molecule has 0 unspecified atom stereocenters. The molecular formula is C21H26N4O5S. The standard InChI is InChI=1S/C21H26N4O5S/c1-13-7-6-8-18(14(13)2)23-20(27)12-25(4)21(28)17-11-16(22-15(3)26)9-10-19(17)24-31(5,29)30/h6-11,24H,12H2,1-5H3,(H,22,26)(H,23,27). The van der Waals surface area contributed by atoms with E-state index in [9.17, 15) is 22.8 Å². The molecule has 0 aliphatic rings. The molecule has 0 heterocycles. The summed E-state index contributed by atoms with van der Waals surface area (Å²) in [5.74, 6) is -1.34. The van der Waals surface area contributed by atoms with Crippen molar-refractivity contribution < 1.29 is 22.8 Å². The van der Waals surface area contributed by atoms with Gasteiger partial charge in [0.2, 0.25) is 21.8 Å². The molecule has 0 fully saturated rings. The fraction of sp³-hybridized carbons (Fsp3) is 0.286. The fourth-order valence-corrected chi connectivity index (χ4v) is 3.44. The second-order valence-corrected chi connectivity index (χ2v) is 9.02. The maximum absolute atomic E-state index is 13.0. The number of sulfonamides is 1. The number of carbonyl (C=O) groups excluding carboxylic acids is 3. The molecule has 3 N–H and O–H groups in total. The summed E-state index contributed by atoms with van der Waals surface area (Å²) in [6.07, 6.45) is 0.963. The third kappa shape index (κ3) is 6.82. The summed E-state index contributed by atoms with van der Waals surface area (Å²) >= 11 is 0. The number of aryl methyl sites for hydroxylation is 1. The number of likely N-dealkylation sites (N-methyl/N-ethyl adjacent to an activating group) is 1. The Morgan fingerprint density at radius 3 is 2.29 bits per heavy atom. The topological polar surface area (TPSA) is 125 Å². The highest BCUT2D eigenvalue weighted by Crippen LogP contribution is 2.23. The predicted molar refractivity (Wildman–Crippen MR) is 121 cm³/mol. The van der Waals surface area contributed by atoms with Crippen LogP contribution in [0.2, 0.25) is 0 Å². The van der Waals surface area contributed by atoms with Crippen molar-refractivity contribution in [2.45, 2.75) is 20.8 Å². The molecule has 0 aliphatic carbocycles. The zero-order chi connectivity index (χ0) is 23.3. The third-order valence-electron chi connectivity index (χ3n) is 4.47. The van der Waals surface area contributed by atoms with Crippen LogP contribution in [-0.4, -0.2) is 50.9 Å². The molecule has 0 bridgehead atoms. The molecule has 0 spiro atoms. The number of benzene rings is 2. The van der Waals surface area contributed by atoms with Gasteiger partial charge in [-0.05, 0) is 49.2 Å². The number of carbonyl (C=O) groups is 3. The maximum Gasteiger partial charge on any atom is 0.256 e. The van der Waals surface area contributed by atoms with Crippen LogP contribution in [0.5, 0.6) is 0 Å². The Morgan fingerprint density at radius 1 is 1.00 bits per heavy atom. The van der Waals surface area contributed by atoms with E-state index in [2.05, 4.69) is 15.4 Å². The SMILES string of the molecule is CC(=O)Nc1ccc(NS(C)(=O)=O)c(C(=O)N(C)CC(=O)Nc2cccc(C)c2C)c1. The van der Waals surface area contributed by atoms with Crippen LogP contribution < -0.4 is 15.4 Å². The molecule has 0 radical (unpaired) electrons. The third-order valence-corrected chi connectivity index (χ3v) is 5.06. The first-order valence-corrected chi connectivity index (χ1v) is 11.3. The molecule has 2 rings (SSSR count). The first-order valence-electron chi connectivity index (χ1n) is 9.38. The van der Waals surface area contributed by atoms with E-state index < -0.39 is 21.8 Å². The number of nitrogens with zero attached hydrogens (tertiary/aromatic N) is 1. The van der Waals surface area contributed by atoms with Gasteiger partial charge >= 0.3 is 0 Å². The van der Waals surface area contributed by atoms with Gasteiger partial charge in [-0.3, -0.25) is 19.1 Å². The Bertz CT molecular complexity index is 1130. The van der Waals surface area contributed by atoms with Crippen molar-refractivity contribution in [1.82, 2.24) is 4.90 Å². The minimum Gasteiger partial charge on any atom is -0.332 e. The zero-order valence-electron chi connectivity index (χ0n) is 18.1. The summed E-state index contributed by atoms with van der Waals surface area (Å²) < 4.78 is 25.6. The summed E-state index contributed by atoms with van der Waals surface area (Å²) in [5.41, 5.74) is 2.96. The molecule has 31 heavy (non-hydrogen) atoms. The smallest absolute Gasteiger partial charge is 0.256 e. The van der Waals surface area contributed by atoms with E-state index in [1.54, 1.807) is 6.07 Å². The fourth-order valence-electron chi connectivity index (χ4n) is 2.86. The van der Waals surface area contributed by atoms with E-state index >= 15 is 0 Å². The Kier molecular flexibility index (Phi) is 7.40. The largest absolute Gasteiger partial charge is 0.332 e. The van der Waals surface area contributed by atoms with E-state index in [0.717, 1.165) is 17.4 Å². The number of rotatable bonds is 7. The normalized spacial score (nSPS) is 10.9. The van der Waals surface area contributed by atoms with Crippen molar-refractivity contribution in [3.8, 4) is 0 Å². The van der Waals surface area contributed by atoms with Crippen molar-refractivity contribution in [3.63, 3.8) is 0 Å². The number of hydrogen-bond donors (Lipinski definition) is 3. The van der Waals surface area contributed by atoms with Crippen molar-refractivity contribution in [2.75, 3.05) is 35.2 Å². The van der Waals surface area contributed by atoms with Crippen LogP contribution in [0, 0.1) is 13.8 Å². The Hall–Kier alpha value is -3.40. The first kappa shape index (κ1) is 23.9. The van der Waals surface area contributed by atoms with Crippen LogP contribution >= 0.6 is 0 Å². The first-order chi connectivity index (χ1) is 14.4. The van der Waals surface area contributed by atoms with Gasteiger partial charge in [0, 0.05) is 25.3 Å². The highest BCUT2D eigenvalue weighted by Gasteiger charge is 2.21. The van der Waals surface area contributed by atoms with E-state index in [1.807, 2.05) is 26.0 Å². The molecule has 0 aliphatic heterocycles. The van der Waals surface area contributed by atoms with Gasteiger partial charge in [-0.1, -0.05) is 12.1 Å². The second-order valence-electron chi connectivity index (χ2n) is 7.27. The van der Waals surface area contributed by atoms with Crippen LogP contribution in [0.1, 0.15) is 28.4 Å². The molecular weight excluding hydrogens is 420 g/mol. The Morgan fingerprint density at radius 2 is 1.68 bits per heavy atom. The maximum atomic E-state index is 13.0. The van der Waals surface area contributed by atoms with Gasteiger partial charge in [0.15, 0.2) is 0 Å². The van der Waals surface area contributed by atoms with Gasteiger partial charge in [0.1, 0.15) is 0 Å². The van der Waals surface area contributed by atoms with E-state index in [-0.39, 0.29) is 23.7 Å². The van der Waals surface area contributed by atoms with E-state index in [4.69, 9.17) is 0 Å². The van der Waals surface area contributed by atoms with Crippen LogP contribution in [0.25, 0.3) is 0 Å². The lowest BCUT2D eigenvalue weighted by molar-refractivity contribution is -0.116. The summed E-state index contributed by atoms with van der Waals surface area (Å²) in [6, 6.07) is 9.73. The molecule has 0 aromatic heterocycles. The number of nitrogens with one attached hydrogen (secondary N) is 3. The molecule has 3 amide bonds. The lowest BCUT2D eigenvalue weighted by Gasteiger charge is -2.20. The van der Waals surface area contributed by atoms with Crippen LogP contribution in [0.3, 0.4) is 0 Å². The monoisotopic (exact) mass is 446 g/mol. The minimum absolute atomic E-state index is 0.00119. The van der Waals surface area contributed by atoms with Gasteiger partial charge in [-0.15, -0.1) is 0 Å². The van der Waals surface area contributed by atoms with Gasteiger partial charge < -0.3 is 15.5 Å². The second kappa shape index (κ2) is 9.61. The van der Waals surface area contributed by atoms with Crippen LogP contribution in [-0.2, 0) is 19.6 Å². The quantitative estimate of drug-likeness (QED) is 0.602. The molecule has 2 aromatic rings. The van der Waals surface area contributed by atoms with Crippen LogP contribution in [0.4, 0.5) is 17.1 Å². The highest BCUT2D eigenvalue weighted by atomic mass is 32.2. The van der Waals surface area contributed by atoms with E-state index in [1.165, 1.54) is 37.1 Å². The molecule has 10 heteroatoms. The highest BCUT2D eigenvalue weighted by molar-refractivity contribution is 7.92. The van der Waals surface area contributed by atoms with E-state index in [0.29, 0.717) is 11.4 Å². The summed E-state index contributed by atoms with van der Waals surface area (Å²) in [4.78, 5) is 38.0. The number of amides is 3. The molecule has 166 valence electrons. The van der Waals surface area contributed by atoms with Gasteiger partial charge in [0.05, 0.1) is 24.1 Å². The molecule has 0 atom stereocenters. The van der Waals surface area contributed by atoms with Gasteiger partial charge in [-0.25, -0.2) is 8.42 Å². The minimum atomic E-state index is -3.65.